The monoisotopic (exact) mass is 543 g/mol. The van der Waals surface area contributed by atoms with Gasteiger partial charge in [-0.25, -0.2) is 4.98 Å². The number of carbonyl (C=O) groups is 1. The van der Waals surface area contributed by atoms with E-state index in [1.54, 1.807) is 17.2 Å². The molecule has 1 aliphatic carbocycles. The molecule has 39 heavy (non-hydrogen) atoms. The molecular weight excluding hydrogens is 508 g/mol. The minimum Gasteiger partial charge on any atom is -0.489 e. The van der Waals surface area contributed by atoms with E-state index >= 15 is 0 Å². The van der Waals surface area contributed by atoms with Gasteiger partial charge in [-0.05, 0) is 49.1 Å². The SMILES string of the molecule is CC.NCc1oc(-c2ccc(OC(F)F)c(OCC3CC3)c2)nc1C(=O)N1CCN(Cc2ccccn2)CC1. The number of hydrogen-bond donors (Lipinski definition) is 1. The number of alkyl halides is 2. The van der Waals surface area contributed by atoms with E-state index in [0.717, 1.165) is 25.1 Å². The Balaban J connectivity index is 0.00000172. The molecule has 2 aromatic heterocycles. The standard InChI is InChI=1S/C26H29F2N5O4.C2H6/c27-26(28)37-20-7-6-18(13-21(20)35-16-17-4-5-17)24-31-23(22(14-29)36-24)25(34)33-11-9-32(10-12-33)15-19-3-1-2-8-30-19;1-2/h1-3,6-8,13,17,26H,4-5,9-12,14-16,29H2;1-2H3. The average molecular weight is 544 g/mol. The van der Waals surface area contributed by atoms with Crippen LogP contribution in [0.3, 0.4) is 0 Å². The predicted octanol–water partition coefficient (Wildman–Crippen LogP) is 4.57. The Labute approximate surface area is 226 Å². The van der Waals surface area contributed by atoms with E-state index in [1.165, 1.54) is 12.1 Å². The zero-order chi connectivity index (χ0) is 27.8. The van der Waals surface area contributed by atoms with Crippen molar-refractivity contribution < 1.29 is 27.5 Å². The molecule has 210 valence electrons. The van der Waals surface area contributed by atoms with Crippen molar-refractivity contribution in [3.63, 3.8) is 0 Å². The molecule has 2 N–H and O–H groups in total. The van der Waals surface area contributed by atoms with E-state index in [9.17, 15) is 13.6 Å². The molecule has 1 saturated heterocycles. The molecule has 0 atom stereocenters. The fourth-order valence-electron chi connectivity index (χ4n) is 4.20. The predicted molar refractivity (Wildman–Crippen MR) is 141 cm³/mol. The Hall–Kier alpha value is -3.57. The minimum absolute atomic E-state index is 0.00860. The number of hydrogen-bond acceptors (Lipinski definition) is 8. The maximum atomic E-state index is 13.3. The first-order valence-electron chi connectivity index (χ1n) is 13.3. The van der Waals surface area contributed by atoms with Crippen molar-refractivity contribution >= 4 is 5.91 Å². The van der Waals surface area contributed by atoms with Gasteiger partial charge in [0.05, 0.1) is 18.8 Å². The summed E-state index contributed by atoms with van der Waals surface area (Å²) in [5, 5.41) is 0. The van der Waals surface area contributed by atoms with Crippen molar-refractivity contribution in [3.8, 4) is 23.0 Å². The third kappa shape index (κ3) is 7.51. The zero-order valence-corrected chi connectivity index (χ0v) is 22.3. The molecule has 2 fully saturated rings. The molecule has 3 heterocycles. The van der Waals surface area contributed by atoms with Crippen LogP contribution in [-0.4, -0.2) is 65.1 Å². The first-order valence-corrected chi connectivity index (χ1v) is 13.3. The van der Waals surface area contributed by atoms with Gasteiger partial charge in [-0.2, -0.15) is 8.78 Å². The van der Waals surface area contributed by atoms with Crippen molar-refractivity contribution in [2.45, 2.75) is 46.4 Å². The molecule has 9 nitrogen and oxygen atoms in total. The number of carbonyl (C=O) groups excluding carboxylic acids is 1. The molecule has 0 radical (unpaired) electrons. The van der Waals surface area contributed by atoms with Crippen molar-refractivity contribution in [3.05, 3.63) is 59.7 Å². The topological polar surface area (TPSA) is 107 Å². The molecule has 0 bridgehead atoms. The summed E-state index contributed by atoms with van der Waals surface area (Å²) in [5.74, 6) is 0.707. The molecule has 11 heteroatoms. The summed E-state index contributed by atoms with van der Waals surface area (Å²) in [6.07, 6.45) is 3.87. The Morgan fingerprint density at radius 2 is 1.90 bits per heavy atom. The number of ether oxygens (including phenoxy) is 2. The molecule has 2 aliphatic rings. The van der Waals surface area contributed by atoms with Crippen LogP contribution >= 0.6 is 0 Å². The number of pyridine rings is 1. The molecule has 1 amide bonds. The van der Waals surface area contributed by atoms with Crippen molar-refractivity contribution in [1.29, 1.82) is 0 Å². The minimum atomic E-state index is -2.98. The highest BCUT2D eigenvalue weighted by molar-refractivity contribution is 5.94. The summed E-state index contributed by atoms with van der Waals surface area (Å²) >= 11 is 0. The molecule has 1 aromatic carbocycles. The lowest BCUT2D eigenvalue weighted by Gasteiger charge is -2.34. The van der Waals surface area contributed by atoms with Gasteiger partial charge in [0.2, 0.25) is 5.89 Å². The lowest BCUT2D eigenvalue weighted by molar-refractivity contribution is -0.0515. The summed E-state index contributed by atoms with van der Waals surface area (Å²) < 4.78 is 41.9. The Bertz CT molecular complexity index is 1210. The van der Waals surface area contributed by atoms with Gasteiger partial charge >= 0.3 is 6.61 Å². The maximum absolute atomic E-state index is 13.3. The van der Waals surface area contributed by atoms with Crippen molar-refractivity contribution in [2.24, 2.45) is 11.7 Å². The van der Waals surface area contributed by atoms with E-state index in [1.807, 2.05) is 32.0 Å². The quantitative estimate of drug-likeness (QED) is 0.396. The maximum Gasteiger partial charge on any atom is 0.387 e. The number of nitrogens with two attached hydrogens (primary N) is 1. The van der Waals surface area contributed by atoms with Gasteiger partial charge in [0.25, 0.3) is 5.91 Å². The molecule has 0 unspecified atom stereocenters. The number of nitrogens with zero attached hydrogens (tertiary/aromatic N) is 4. The number of benzene rings is 1. The van der Waals surface area contributed by atoms with Gasteiger partial charge in [0.1, 0.15) is 0 Å². The highest BCUT2D eigenvalue weighted by Crippen LogP contribution is 2.36. The van der Waals surface area contributed by atoms with Crippen LogP contribution in [0.15, 0.2) is 47.0 Å². The van der Waals surface area contributed by atoms with Gasteiger partial charge in [0, 0.05) is 44.5 Å². The number of rotatable bonds is 10. The fraction of sp³-hybridized carbons (Fsp3) is 0.464. The summed E-state index contributed by atoms with van der Waals surface area (Å²) in [5.41, 5.74) is 7.48. The third-order valence-corrected chi connectivity index (χ3v) is 6.43. The first kappa shape index (κ1) is 28.4. The van der Waals surface area contributed by atoms with Crippen LogP contribution in [0.4, 0.5) is 8.78 Å². The highest BCUT2D eigenvalue weighted by atomic mass is 19.3. The van der Waals surface area contributed by atoms with Gasteiger partial charge in [0.15, 0.2) is 23.0 Å². The lowest BCUT2D eigenvalue weighted by atomic mass is 10.2. The summed E-state index contributed by atoms with van der Waals surface area (Å²) in [7, 11) is 0. The Kier molecular flexibility index (Phi) is 9.83. The summed E-state index contributed by atoms with van der Waals surface area (Å²) in [6.45, 7) is 4.64. The fourth-order valence-corrected chi connectivity index (χ4v) is 4.20. The van der Waals surface area contributed by atoms with E-state index in [-0.39, 0.29) is 41.3 Å². The molecule has 5 rings (SSSR count). The second-order valence-corrected chi connectivity index (χ2v) is 9.18. The zero-order valence-electron chi connectivity index (χ0n) is 22.3. The molecule has 3 aromatic rings. The van der Waals surface area contributed by atoms with Crippen LogP contribution in [0.1, 0.15) is 48.6 Å². The summed E-state index contributed by atoms with van der Waals surface area (Å²) in [6, 6.07) is 10.3. The molecular formula is C28H35F2N5O4. The normalized spacial score (nSPS) is 15.6. The van der Waals surface area contributed by atoms with Crippen LogP contribution in [0.5, 0.6) is 11.5 Å². The highest BCUT2D eigenvalue weighted by Gasteiger charge is 2.28. The van der Waals surface area contributed by atoms with Crippen molar-refractivity contribution in [1.82, 2.24) is 19.8 Å². The van der Waals surface area contributed by atoms with Crippen LogP contribution in [0, 0.1) is 5.92 Å². The van der Waals surface area contributed by atoms with E-state index < -0.39 is 6.61 Å². The van der Waals surface area contributed by atoms with E-state index in [4.69, 9.17) is 14.9 Å². The van der Waals surface area contributed by atoms with Gasteiger partial charge in [-0.1, -0.05) is 19.9 Å². The number of halogens is 2. The Morgan fingerprint density at radius 1 is 1.13 bits per heavy atom. The van der Waals surface area contributed by atoms with Gasteiger partial charge < -0.3 is 24.5 Å². The third-order valence-electron chi connectivity index (χ3n) is 6.43. The number of amides is 1. The average Bonchev–Trinajstić information content (AvgIpc) is 3.70. The van der Waals surface area contributed by atoms with Crippen LogP contribution < -0.4 is 15.2 Å². The van der Waals surface area contributed by atoms with E-state index in [2.05, 4.69) is 19.6 Å². The van der Waals surface area contributed by atoms with Crippen LogP contribution in [-0.2, 0) is 13.1 Å². The van der Waals surface area contributed by atoms with Gasteiger partial charge in [-0.15, -0.1) is 0 Å². The van der Waals surface area contributed by atoms with E-state index in [0.29, 0.717) is 44.3 Å². The smallest absolute Gasteiger partial charge is 0.387 e. The summed E-state index contributed by atoms with van der Waals surface area (Å²) in [4.78, 5) is 26.1. The molecule has 1 aliphatic heterocycles. The van der Waals surface area contributed by atoms with Crippen molar-refractivity contribution in [2.75, 3.05) is 32.8 Å². The first-order chi connectivity index (χ1) is 19.0. The number of oxazole rings is 1. The van der Waals surface area contributed by atoms with Gasteiger partial charge in [-0.3, -0.25) is 14.7 Å². The molecule has 1 saturated carbocycles. The number of piperazine rings is 1. The van der Waals surface area contributed by atoms with Crippen LogP contribution in [0.2, 0.25) is 0 Å². The number of aromatic nitrogens is 2. The largest absolute Gasteiger partial charge is 0.489 e. The Morgan fingerprint density at radius 3 is 2.54 bits per heavy atom. The second kappa shape index (κ2) is 13.5. The second-order valence-electron chi connectivity index (χ2n) is 9.18. The van der Waals surface area contributed by atoms with Crippen LogP contribution in [0.25, 0.3) is 11.5 Å². The lowest BCUT2D eigenvalue weighted by Crippen LogP contribution is -2.48. The molecule has 0 spiro atoms.